The zero-order valence-electron chi connectivity index (χ0n) is 14.9. The van der Waals surface area contributed by atoms with Crippen LogP contribution >= 0.6 is 0 Å². The van der Waals surface area contributed by atoms with Crippen molar-refractivity contribution in [3.8, 4) is 0 Å². The molecule has 0 aliphatic rings. The van der Waals surface area contributed by atoms with E-state index in [1.54, 1.807) is 0 Å². The molecule has 0 aromatic carbocycles. The third kappa shape index (κ3) is 9.45. The number of hydrogen-bond donors (Lipinski definition) is 2. The molecule has 0 aliphatic carbocycles. The summed E-state index contributed by atoms with van der Waals surface area (Å²) < 4.78 is 9.79. The molecule has 8 nitrogen and oxygen atoms in total. The van der Waals surface area contributed by atoms with Crippen LogP contribution in [-0.4, -0.2) is 59.1 Å². The molecule has 0 saturated carbocycles. The summed E-state index contributed by atoms with van der Waals surface area (Å²) in [6, 6.07) is 0. The van der Waals surface area contributed by atoms with Gasteiger partial charge in [-0.15, -0.1) is 0 Å². The topological polar surface area (TPSA) is 127 Å². The predicted molar refractivity (Wildman–Crippen MR) is 94.0 cm³/mol. The summed E-state index contributed by atoms with van der Waals surface area (Å²) in [5, 5.41) is 15.2. The van der Waals surface area contributed by atoms with Crippen LogP contribution in [0.4, 0.5) is 0 Å². The maximum absolute atomic E-state index is 11.9. The minimum absolute atomic E-state index is 0.0119. The van der Waals surface area contributed by atoms with Gasteiger partial charge in [0, 0.05) is 11.1 Å². The summed E-state index contributed by atoms with van der Waals surface area (Å²) in [5.74, 6) is -3.42. The van der Waals surface area contributed by atoms with Crippen LogP contribution in [0.25, 0.3) is 0 Å². The lowest BCUT2D eigenvalue weighted by Gasteiger charge is -2.23. The Kier molecular flexibility index (Phi) is 13.1. The van der Waals surface area contributed by atoms with Crippen molar-refractivity contribution in [1.82, 2.24) is 0 Å². The van der Waals surface area contributed by atoms with Crippen molar-refractivity contribution in [3.63, 3.8) is 0 Å². The van der Waals surface area contributed by atoms with E-state index in [4.69, 9.17) is 19.7 Å². The Morgan fingerprint density at radius 1 is 0.808 bits per heavy atom. The summed E-state index contributed by atoms with van der Waals surface area (Å²) in [4.78, 5) is 46.9. The van der Waals surface area contributed by atoms with Gasteiger partial charge in [-0.05, 0) is 26.0 Å². The van der Waals surface area contributed by atoms with Gasteiger partial charge in [0.05, 0.1) is 13.2 Å². The van der Waals surface area contributed by atoms with Gasteiger partial charge in [0.1, 0.15) is 0 Å². The normalized spacial score (nSPS) is 11.5. The third-order valence-electron chi connectivity index (χ3n) is 2.50. The number of aliphatic hydroxyl groups excluding tert-OH is 2. The van der Waals surface area contributed by atoms with E-state index in [0.29, 0.717) is 0 Å². The van der Waals surface area contributed by atoms with Crippen LogP contribution < -0.4 is 0 Å². The summed E-state index contributed by atoms with van der Waals surface area (Å²) in [5.41, 5.74) is 0.0239. The van der Waals surface area contributed by atoms with Crippen LogP contribution in [0, 0.1) is 0 Å². The Labute approximate surface area is 152 Å². The summed E-state index contributed by atoms with van der Waals surface area (Å²) in [6.07, 6.45) is -1.63. The Bertz CT molecular complexity index is 536. The molecular formula is C18H24O8. The molecule has 0 radical (unpaired) electrons. The van der Waals surface area contributed by atoms with E-state index in [2.05, 4.69) is 26.3 Å². The molecule has 26 heavy (non-hydrogen) atoms. The van der Waals surface area contributed by atoms with E-state index in [1.165, 1.54) is 13.8 Å². The predicted octanol–water partition coefficient (Wildman–Crippen LogP) is 0.443. The van der Waals surface area contributed by atoms with Crippen molar-refractivity contribution in [2.45, 2.75) is 26.1 Å². The van der Waals surface area contributed by atoms with Gasteiger partial charge in [0.15, 0.2) is 11.6 Å². The lowest BCUT2D eigenvalue weighted by molar-refractivity contribution is -0.169. The lowest BCUT2D eigenvalue weighted by atomic mass is 10.0. The quantitative estimate of drug-likeness (QED) is 0.420. The number of esters is 2. The Morgan fingerprint density at radius 3 is 1.23 bits per heavy atom. The number of ether oxygens (including phenoxy) is 2. The molecule has 0 amide bonds. The van der Waals surface area contributed by atoms with Crippen molar-refractivity contribution in [2.75, 3.05) is 13.2 Å². The van der Waals surface area contributed by atoms with E-state index in [9.17, 15) is 19.2 Å². The first-order chi connectivity index (χ1) is 12.1. The fourth-order valence-corrected chi connectivity index (χ4v) is 1.20. The highest BCUT2D eigenvalue weighted by atomic mass is 16.6. The highest BCUT2D eigenvalue weighted by molar-refractivity contribution is 6.04. The summed E-state index contributed by atoms with van der Waals surface area (Å²) in [7, 11) is 0. The Hall–Kier alpha value is -2.84. The molecule has 0 spiro atoms. The van der Waals surface area contributed by atoms with Crippen LogP contribution in [0.3, 0.4) is 0 Å². The number of hydrogen-bond acceptors (Lipinski definition) is 8. The van der Waals surface area contributed by atoms with Gasteiger partial charge in [-0.3, -0.25) is 9.59 Å². The molecule has 0 fully saturated rings. The molecular weight excluding hydrogens is 344 g/mol. The molecule has 0 saturated heterocycles. The van der Waals surface area contributed by atoms with Crippen LogP contribution in [0.15, 0.2) is 49.6 Å². The van der Waals surface area contributed by atoms with Gasteiger partial charge in [0.25, 0.3) is 0 Å². The maximum atomic E-state index is 11.9. The van der Waals surface area contributed by atoms with Crippen molar-refractivity contribution >= 4 is 23.5 Å². The SMILES string of the molecule is C=CC(=O)C(OC(=O)C(=C)C)C(OC(=O)C(=C)C)C(=O)C=C.OCCO. The zero-order valence-corrected chi connectivity index (χ0v) is 14.9. The summed E-state index contributed by atoms with van der Waals surface area (Å²) >= 11 is 0. The van der Waals surface area contributed by atoms with Crippen molar-refractivity contribution < 1.29 is 38.9 Å². The zero-order chi connectivity index (χ0) is 20.9. The first kappa shape index (κ1) is 25.4. The smallest absolute Gasteiger partial charge is 0.333 e. The second-order valence-corrected chi connectivity index (χ2v) is 4.87. The van der Waals surface area contributed by atoms with Gasteiger partial charge >= 0.3 is 11.9 Å². The van der Waals surface area contributed by atoms with Gasteiger partial charge in [-0.2, -0.15) is 0 Å². The van der Waals surface area contributed by atoms with Gasteiger partial charge < -0.3 is 19.7 Å². The third-order valence-corrected chi connectivity index (χ3v) is 2.50. The molecule has 2 unspecified atom stereocenters. The fraction of sp³-hybridized carbons (Fsp3) is 0.333. The van der Waals surface area contributed by atoms with E-state index in [-0.39, 0.29) is 24.4 Å². The van der Waals surface area contributed by atoms with E-state index >= 15 is 0 Å². The Morgan fingerprint density at radius 2 is 1.08 bits per heavy atom. The number of carbonyl (C=O) groups is 4. The van der Waals surface area contributed by atoms with Crippen LogP contribution in [0.5, 0.6) is 0 Å². The van der Waals surface area contributed by atoms with Gasteiger partial charge in [-0.1, -0.05) is 26.3 Å². The fourth-order valence-electron chi connectivity index (χ4n) is 1.20. The molecule has 0 aromatic heterocycles. The molecule has 2 atom stereocenters. The molecule has 0 aliphatic heterocycles. The Balaban J connectivity index is 0. The van der Waals surface area contributed by atoms with Crippen LogP contribution in [0.1, 0.15) is 13.8 Å². The van der Waals surface area contributed by atoms with E-state index in [1.807, 2.05) is 0 Å². The first-order valence-corrected chi connectivity index (χ1v) is 7.34. The van der Waals surface area contributed by atoms with Crippen molar-refractivity contribution in [1.29, 1.82) is 0 Å². The van der Waals surface area contributed by atoms with Crippen LogP contribution in [0.2, 0.25) is 0 Å². The molecule has 144 valence electrons. The van der Waals surface area contributed by atoms with Crippen LogP contribution in [-0.2, 0) is 28.7 Å². The number of rotatable bonds is 10. The number of ketones is 2. The standard InChI is InChI=1S/C16H18O6.C2H6O2/c1-7-11(17)13(21-15(19)9(3)4)14(12(18)8-2)22-16(20)10(5)6;3-1-2-4/h7-8,13-14H,1-3,5H2,4,6H3;3-4H,1-2H2. The van der Waals surface area contributed by atoms with E-state index < -0.39 is 35.7 Å². The van der Waals surface area contributed by atoms with Gasteiger partial charge in [0.2, 0.25) is 12.2 Å². The van der Waals surface area contributed by atoms with Gasteiger partial charge in [-0.25, -0.2) is 9.59 Å². The highest BCUT2D eigenvalue weighted by Crippen LogP contribution is 2.13. The summed E-state index contributed by atoms with van der Waals surface area (Å²) in [6.45, 7) is 15.7. The minimum Gasteiger partial charge on any atom is -0.446 e. The lowest BCUT2D eigenvalue weighted by Crippen LogP contribution is -2.45. The maximum Gasteiger partial charge on any atom is 0.333 e. The molecule has 2 N–H and O–H groups in total. The average Bonchev–Trinajstić information content (AvgIpc) is 2.62. The molecule has 8 heteroatoms. The highest BCUT2D eigenvalue weighted by Gasteiger charge is 2.37. The van der Waals surface area contributed by atoms with Crippen molar-refractivity contribution in [2.24, 2.45) is 0 Å². The molecule has 0 aromatic rings. The second-order valence-electron chi connectivity index (χ2n) is 4.87. The molecule has 0 heterocycles. The minimum atomic E-state index is -1.67. The number of carbonyl (C=O) groups excluding carboxylic acids is 4. The molecule has 0 bridgehead atoms. The van der Waals surface area contributed by atoms with Crippen molar-refractivity contribution in [3.05, 3.63) is 49.6 Å². The average molecular weight is 368 g/mol. The van der Waals surface area contributed by atoms with E-state index in [0.717, 1.165) is 12.2 Å². The largest absolute Gasteiger partial charge is 0.446 e. The molecule has 0 rings (SSSR count). The first-order valence-electron chi connectivity index (χ1n) is 7.34. The second kappa shape index (κ2) is 13.5. The number of aliphatic hydroxyl groups is 2. The monoisotopic (exact) mass is 368 g/mol.